The maximum Gasteiger partial charge on any atom is 0.408 e. The van der Waals surface area contributed by atoms with E-state index in [1.807, 2.05) is 43.7 Å². The average Bonchev–Trinajstić information content (AvgIpc) is 3.16. The molecule has 12 heteroatoms. The monoisotopic (exact) mass is 599 g/mol. The number of ether oxygens (including phenoxy) is 2. The van der Waals surface area contributed by atoms with Gasteiger partial charge in [0.05, 0.1) is 17.6 Å². The number of anilines is 1. The summed E-state index contributed by atoms with van der Waals surface area (Å²) in [6.07, 6.45) is -0.250. The number of carbonyl (C=O) groups is 3. The van der Waals surface area contributed by atoms with Gasteiger partial charge in [-0.1, -0.05) is 13.8 Å². The van der Waals surface area contributed by atoms with Gasteiger partial charge in [0, 0.05) is 44.0 Å². The number of benzene rings is 1. The lowest BCUT2D eigenvalue weighted by molar-refractivity contribution is -0.147. The lowest BCUT2D eigenvalue weighted by atomic mass is 10.0. The summed E-state index contributed by atoms with van der Waals surface area (Å²) in [5, 5.41) is 5.43. The Morgan fingerprint density at radius 1 is 1.07 bits per heavy atom. The Hall–Kier alpha value is -2.72. The van der Waals surface area contributed by atoms with Gasteiger partial charge >= 0.3 is 12.1 Å². The summed E-state index contributed by atoms with van der Waals surface area (Å²) >= 11 is 12.0. The summed E-state index contributed by atoms with van der Waals surface area (Å²) in [5.41, 5.74) is 1.83. The van der Waals surface area contributed by atoms with Gasteiger partial charge < -0.3 is 29.6 Å². The minimum Gasteiger partial charge on any atom is -0.464 e. The van der Waals surface area contributed by atoms with Crippen molar-refractivity contribution in [2.75, 3.05) is 36.4 Å². The molecular formula is C28H43Cl2N5O5. The predicted octanol–water partition coefficient (Wildman–Crippen LogP) is 4.39. The molecule has 1 aromatic carbocycles. The first-order valence-corrected chi connectivity index (χ1v) is 14.6. The number of aromatic nitrogens is 2. The number of imidazole rings is 1. The Morgan fingerprint density at radius 3 is 2.27 bits per heavy atom. The van der Waals surface area contributed by atoms with Crippen LogP contribution >= 0.6 is 23.2 Å². The van der Waals surface area contributed by atoms with E-state index in [0.29, 0.717) is 37.1 Å². The molecule has 0 aliphatic heterocycles. The molecule has 40 heavy (non-hydrogen) atoms. The van der Waals surface area contributed by atoms with Crippen LogP contribution in [0.2, 0.25) is 0 Å². The van der Waals surface area contributed by atoms with E-state index in [4.69, 9.17) is 37.7 Å². The Morgan fingerprint density at radius 2 is 1.73 bits per heavy atom. The standard InChI is InChI=1S/C28H43Cl2N5O5/c1-8-39-26(37)22(32-25(36)21(15-18(2)3)33-27(38)40-28(4,5)6)17-24-31-20-16-19(9-10-23(20)34(24)7)35(13-11-29)14-12-30/h9-10,16,18,21-22H,8,11-15,17H2,1-7H3,(H,32,36)(H,33,38)/t21-,22-/m0/s1. The molecule has 0 saturated carbocycles. The van der Waals surface area contributed by atoms with Gasteiger partial charge in [0.25, 0.3) is 0 Å². The molecule has 10 nitrogen and oxygen atoms in total. The second kappa shape index (κ2) is 15.3. The predicted molar refractivity (Wildman–Crippen MR) is 159 cm³/mol. The fraction of sp³-hybridized carbons (Fsp3) is 0.643. The topological polar surface area (TPSA) is 115 Å². The van der Waals surface area contributed by atoms with Crippen LogP contribution in [0.15, 0.2) is 18.2 Å². The van der Waals surface area contributed by atoms with Crippen LogP contribution in [0, 0.1) is 5.92 Å². The fourth-order valence-electron chi connectivity index (χ4n) is 4.24. The minimum atomic E-state index is -1.01. The van der Waals surface area contributed by atoms with Crippen LogP contribution < -0.4 is 15.5 Å². The van der Waals surface area contributed by atoms with Gasteiger partial charge in [0.15, 0.2) is 0 Å². The van der Waals surface area contributed by atoms with Gasteiger partial charge in [-0.3, -0.25) is 4.79 Å². The van der Waals surface area contributed by atoms with Gasteiger partial charge in [-0.05, 0) is 58.2 Å². The quantitative estimate of drug-likeness (QED) is 0.244. The van der Waals surface area contributed by atoms with Crippen LogP contribution in [0.5, 0.6) is 0 Å². The summed E-state index contributed by atoms with van der Waals surface area (Å²) in [6.45, 7) is 12.3. The number of aryl methyl sites for hydroxylation is 1. The van der Waals surface area contributed by atoms with Crippen molar-refractivity contribution in [1.82, 2.24) is 20.2 Å². The van der Waals surface area contributed by atoms with Crippen LogP contribution in [-0.2, 0) is 32.5 Å². The molecule has 0 bridgehead atoms. The van der Waals surface area contributed by atoms with E-state index < -0.39 is 35.7 Å². The first kappa shape index (κ1) is 33.5. The molecule has 2 aromatic rings. The Labute approximate surface area is 247 Å². The third-order valence-electron chi connectivity index (χ3n) is 6.02. The van der Waals surface area contributed by atoms with Gasteiger partial charge in [-0.15, -0.1) is 23.2 Å². The SMILES string of the molecule is CCOC(=O)[C@H](Cc1nc2cc(N(CCCl)CCCl)ccc2n1C)NC(=O)[C@H](CC(C)C)NC(=O)OC(C)(C)C. The van der Waals surface area contributed by atoms with Crippen molar-refractivity contribution >= 4 is 57.9 Å². The molecule has 0 saturated heterocycles. The van der Waals surface area contributed by atoms with Crippen molar-refractivity contribution in [3.05, 3.63) is 24.0 Å². The van der Waals surface area contributed by atoms with E-state index in [1.54, 1.807) is 27.7 Å². The Bertz CT molecular complexity index is 1140. The summed E-state index contributed by atoms with van der Waals surface area (Å²) in [5.74, 6) is 0.523. The summed E-state index contributed by atoms with van der Waals surface area (Å²) in [4.78, 5) is 45.6. The number of alkyl halides is 2. The minimum absolute atomic E-state index is 0.0953. The summed E-state index contributed by atoms with van der Waals surface area (Å²) in [6, 6.07) is 3.99. The molecule has 1 aromatic heterocycles. The smallest absolute Gasteiger partial charge is 0.408 e. The number of fused-ring (bicyclic) bond motifs is 1. The Kier molecular flexibility index (Phi) is 12.8. The third-order valence-corrected chi connectivity index (χ3v) is 6.36. The molecular weight excluding hydrogens is 557 g/mol. The summed E-state index contributed by atoms with van der Waals surface area (Å²) in [7, 11) is 1.86. The number of nitrogens with zero attached hydrogens (tertiary/aromatic N) is 3. The molecule has 0 aliphatic carbocycles. The molecule has 1 heterocycles. The highest BCUT2D eigenvalue weighted by molar-refractivity contribution is 6.18. The number of hydrogen-bond acceptors (Lipinski definition) is 7. The van der Waals surface area contributed by atoms with Crippen LogP contribution in [0.4, 0.5) is 10.5 Å². The maximum absolute atomic E-state index is 13.3. The van der Waals surface area contributed by atoms with E-state index in [9.17, 15) is 14.4 Å². The number of alkyl carbamates (subject to hydrolysis) is 1. The highest BCUT2D eigenvalue weighted by Gasteiger charge is 2.31. The van der Waals surface area contributed by atoms with Crippen molar-refractivity contribution in [3.8, 4) is 0 Å². The first-order chi connectivity index (χ1) is 18.8. The van der Waals surface area contributed by atoms with Crippen molar-refractivity contribution in [3.63, 3.8) is 0 Å². The van der Waals surface area contributed by atoms with E-state index in [0.717, 1.165) is 16.7 Å². The van der Waals surface area contributed by atoms with Gasteiger partial charge in [0.2, 0.25) is 5.91 Å². The van der Waals surface area contributed by atoms with E-state index in [-0.39, 0.29) is 18.9 Å². The molecule has 224 valence electrons. The molecule has 0 spiro atoms. The lowest BCUT2D eigenvalue weighted by Gasteiger charge is -2.25. The molecule has 2 rings (SSSR count). The maximum atomic E-state index is 13.3. The van der Waals surface area contributed by atoms with E-state index >= 15 is 0 Å². The van der Waals surface area contributed by atoms with Crippen molar-refractivity contribution in [1.29, 1.82) is 0 Å². The molecule has 0 aliphatic rings. The number of nitrogens with one attached hydrogen (secondary N) is 2. The highest BCUT2D eigenvalue weighted by atomic mass is 35.5. The Balaban J connectivity index is 2.32. The molecule has 0 radical (unpaired) electrons. The van der Waals surface area contributed by atoms with Crippen LogP contribution in [0.25, 0.3) is 11.0 Å². The molecule has 0 unspecified atom stereocenters. The normalized spacial score (nSPS) is 13.2. The largest absolute Gasteiger partial charge is 0.464 e. The van der Waals surface area contributed by atoms with Crippen molar-refractivity contribution in [2.24, 2.45) is 13.0 Å². The number of amides is 2. The number of esters is 1. The van der Waals surface area contributed by atoms with E-state index in [2.05, 4.69) is 15.5 Å². The van der Waals surface area contributed by atoms with Gasteiger partial charge in [0.1, 0.15) is 23.5 Å². The number of carbonyl (C=O) groups excluding carboxylic acids is 3. The molecule has 2 amide bonds. The van der Waals surface area contributed by atoms with Gasteiger partial charge in [-0.2, -0.15) is 0 Å². The van der Waals surface area contributed by atoms with Crippen LogP contribution in [0.3, 0.4) is 0 Å². The summed E-state index contributed by atoms with van der Waals surface area (Å²) < 4.78 is 12.5. The highest BCUT2D eigenvalue weighted by Crippen LogP contribution is 2.23. The van der Waals surface area contributed by atoms with Crippen LogP contribution in [-0.4, -0.2) is 76.7 Å². The fourth-order valence-corrected chi connectivity index (χ4v) is 4.64. The number of halogens is 2. The van der Waals surface area contributed by atoms with Crippen molar-refractivity contribution in [2.45, 2.75) is 72.1 Å². The molecule has 2 N–H and O–H groups in total. The number of hydrogen-bond donors (Lipinski definition) is 2. The zero-order valence-corrected chi connectivity index (χ0v) is 26.1. The lowest BCUT2D eigenvalue weighted by Crippen LogP contribution is -2.53. The zero-order valence-electron chi connectivity index (χ0n) is 24.6. The average molecular weight is 601 g/mol. The second-order valence-corrected chi connectivity index (χ2v) is 11.7. The molecule has 0 fully saturated rings. The second-order valence-electron chi connectivity index (χ2n) is 11.0. The van der Waals surface area contributed by atoms with Gasteiger partial charge in [-0.25, -0.2) is 14.6 Å². The molecule has 2 atom stereocenters. The van der Waals surface area contributed by atoms with Crippen molar-refractivity contribution < 1.29 is 23.9 Å². The first-order valence-electron chi connectivity index (χ1n) is 13.6. The van der Waals surface area contributed by atoms with E-state index in [1.165, 1.54) is 0 Å². The third kappa shape index (κ3) is 10.0. The van der Waals surface area contributed by atoms with Crippen LogP contribution in [0.1, 0.15) is 53.8 Å². The zero-order chi connectivity index (χ0) is 30.0. The number of rotatable bonds is 14.